The minimum absolute atomic E-state index is 0.231. The fraction of sp³-hybridized carbons (Fsp3) is 0.455. The van der Waals surface area contributed by atoms with Gasteiger partial charge in [-0.25, -0.2) is 26.3 Å². The maximum atomic E-state index is 13.0. The zero-order valence-electron chi connectivity index (χ0n) is 17.9. The van der Waals surface area contributed by atoms with Gasteiger partial charge in [-0.1, -0.05) is 48.2 Å². The van der Waals surface area contributed by atoms with E-state index in [2.05, 4.69) is 9.44 Å². The maximum Gasteiger partial charge on any atom is 0.241 e. The van der Waals surface area contributed by atoms with E-state index < -0.39 is 32.1 Å². The van der Waals surface area contributed by atoms with Crippen molar-refractivity contribution in [3.05, 3.63) is 58.7 Å². The Morgan fingerprint density at radius 1 is 0.667 bits per heavy atom. The van der Waals surface area contributed by atoms with E-state index in [-0.39, 0.29) is 9.79 Å². The van der Waals surface area contributed by atoms with Gasteiger partial charge in [-0.05, 0) is 63.8 Å². The van der Waals surface area contributed by atoms with Gasteiger partial charge in [-0.15, -0.1) is 0 Å². The minimum atomic E-state index is -3.76. The van der Waals surface area contributed by atoms with Gasteiger partial charge in [0.2, 0.25) is 20.0 Å². The molecule has 0 unspecified atom stereocenters. The van der Waals surface area contributed by atoms with Crippen molar-refractivity contribution in [1.82, 2.24) is 9.44 Å². The molecule has 0 spiro atoms. The first kappa shape index (κ1) is 22.9. The van der Waals surface area contributed by atoms with Crippen LogP contribution in [0.2, 0.25) is 0 Å². The normalized spacial score (nSPS) is 20.3. The molecule has 1 aliphatic carbocycles. The van der Waals surface area contributed by atoms with Crippen LogP contribution in [0.1, 0.15) is 47.9 Å². The van der Waals surface area contributed by atoms with E-state index in [1.54, 1.807) is 38.1 Å². The number of sulfonamides is 2. The predicted molar refractivity (Wildman–Crippen MR) is 119 cm³/mol. The number of hydrogen-bond acceptors (Lipinski definition) is 4. The molecule has 0 saturated heterocycles. The van der Waals surface area contributed by atoms with Crippen LogP contribution in [0.5, 0.6) is 0 Å². The molecule has 1 fully saturated rings. The lowest BCUT2D eigenvalue weighted by Gasteiger charge is -2.32. The zero-order chi connectivity index (χ0) is 22.1. The van der Waals surface area contributed by atoms with Gasteiger partial charge in [0.15, 0.2) is 0 Å². The third kappa shape index (κ3) is 5.11. The Labute approximate surface area is 180 Å². The largest absolute Gasteiger partial charge is 0.241 e. The Balaban J connectivity index is 1.84. The standard InChI is InChI=1S/C22H30N2O4S2/c1-15-9-11-21(17(3)13-15)29(25,26)23-19-7-5-6-8-20(19)24-30(27,28)22-12-10-16(2)14-18(22)4/h9-14,19-20,23-24H,5-8H2,1-4H3/t19-,20+. The molecular weight excluding hydrogens is 420 g/mol. The zero-order valence-corrected chi connectivity index (χ0v) is 19.5. The summed E-state index contributed by atoms with van der Waals surface area (Å²) >= 11 is 0. The number of rotatable bonds is 6. The molecule has 2 aromatic carbocycles. The average molecular weight is 451 g/mol. The third-order valence-electron chi connectivity index (χ3n) is 5.62. The van der Waals surface area contributed by atoms with Gasteiger partial charge in [-0.2, -0.15) is 0 Å². The van der Waals surface area contributed by atoms with Crippen LogP contribution >= 0.6 is 0 Å². The van der Waals surface area contributed by atoms with Gasteiger partial charge in [0.05, 0.1) is 9.79 Å². The molecule has 164 valence electrons. The third-order valence-corrected chi connectivity index (χ3v) is 8.92. The SMILES string of the molecule is Cc1ccc(S(=O)(=O)N[C@H]2CCCC[C@H]2NS(=O)(=O)c2ccc(C)cc2C)c(C)c1. The van der Waals surface area contributed by atoms with Crippen molar-refractivity contribution in [2.75, 3.05) is 0 Å². The molecular formula is C22H30N2O4S2. The fourth-order valence-electron chi connectivity index (χ4n) is 4.14. The summed E-state index contributed by atoms with van der Waals surface area (Å²) in [4.78, 5) is 0.462. The van der Waals surface area contributed by atoms with Crippen LogP contribution in [-0.4, -0.2) is 28.9 Å². The van der Waals surface area contributed by atoms with Crippen LogP contribution < -0.4 is 9.44 Å². The summed E-state index contributed by atoms with van der Waals surface area (Å²) in [5.74, 6) is 0. The monoisotopic (exact) mass is 450 g/mol. The highest BCUT2D eigenvalue weighted by molar-refractivity contribution is 7.90. The summed E-state index contributed by atoms with van der Waals surface area (Å²) in [7, 11) is -7.52. The highest BCUT2D eigenvalue weighted by atomic mass is 32.2. The van der Waals surface area contributed by atoms with Crippen LogP contribution in [0.4, 0.5) is 0 Å². The van der Waals surface area contributed by atoms with Crippen molar-refractivity contribution < 1.29 is 16.8 Å². The lowest BCUT2D eigenvalue weighted by atomic mass is 9.92. The Morgan fingerprint density at radius 2 is 1.03 bits per heavy atom. The molecule has 0 bridgehead atoms. The molecule has 0 aromatic heterocycles. The number of aryl methyl sites for hydroxylation is 4. The van der Waals surface area contributed by atoms with Crippen molar-refractivity contribution in [1.29, 1.82) is 0 Å². The molecule has 2 N–H and O–H groups in total. The molecule has 2 atom stereocenters. The maximum absolute atomic E-state index is 13.0. The molecule has 0 radical (unpaired) electrons. The van der Waals surface area contributed by atoms with Gasteiger partial charge in [0.1, 0.15) is 0 Å². The molecule has 6 nitrogen and oxygen atoms in total. The molecule has 1 saturated carbocycles. The molecule has 8 heteroatoms. The number of hydrogen-bond donors (Lipinski definition) is 2. The van der Waals surface area contributed by atoms with E-state index in [1.807, 2.05) is 26.0 Å². The summed E-state index contributed by atoms with van der Waals surface area (Å²) in [6.07, 6.45) is 2.87. The quantitative estimate of drug-likeness (QED) is 0.705. The van der Waals surface area contributed by atoms with Gasteiger partial charge >= 0.3 is 0 Å². The van der Waals surface area contributed by atoms with E-state index in [1.165, 1.54) is 0 Å². The Morgan fingerprint density at radius 3 is 1.37 bits per heavy atom. The summed E-state index contributed by atoms with van der Waals surface area (Å²) in [6.45, 7) is 7.36. The summed E-state index contributed by atoms with van der Waals surface area (Å²) in [5, 5.41) is 0. The van der Waals surface area contributed by atoms with Crippen molar-refractivity contribution in [2.45, 2.75) is 75.3 Å². The van der Waals surface area contributed by atoms with Crippen molar-refractivity contribution in [3.8, 4) is 0 Å². The summed E-state index contributed by atoms with van der Waals surface area (Å²) in [5.41, 5.74) is 3.32. The molecule has 0 heterocycles. The Hall–Kier alpha value is -1.74. The highest BCUT2D eigenvalue weighted by Gasteiger charge is 2.33. The predicted octanol–water partition coefficient (Wildman–Crippen LogP) is 3.49. The van der Waals surface area contributed by atoms with E-state index >= 15 is 0 Å². The van der Waals surface area contributed by atoms with Crippen LogP contribution in [0.25, 0.3) is 0 Å². The van der Waals surface area contributed by atoms with Gasteiger partial charge < -0.3 is 0 Å². The molecule has 3 rings (SSSR count). The van der Waals surface area contributed by atoms with Crippen LogP contribution in [0.3, 0.4) is 0 Å². The van der Waals surface area contributed by atoms with E-state index in [9.17, 15) is 16.8 Å². The summed E-state index contributed by atoms with van der Waals surface area (Å²) in [6, 6.07) is 9.40. The van der Waals surface area contributed by atoms with Gasteiger partial charge in [-0.3, -0.25) is 0 Å². The van der Waals surface area contributed by atoms with Gasteiger partial charge in [0, 0.05) is 12.1 Å². The topological polar surface area (TPSA) is 92.3 Å². The fourth-order valence-corrected chi connectivity index (χ4v) is 7.22. The van der Waals surface area contributed by atoms with Crippen molar-refractivity contribution in [3.63, 3.8) is 0 Å². The minimum Gasteiger partial charge on any atom is -0.207 e. The van der Waals surface area contributed by atoms with E-state index in [4.69, 9.17) is 0 Å². The molecule has 0 aliphatic heterocycles. The smallest absolute Gasteiger partial charge is 0.207 e. The Kier molecular flexibility index (Phi) is 6.72. The lowest BCUT2D eigenvalue weighted by Crippen LogP contribution is -2.53. The second kappa shape index (κ2) is 8.78. The molecule has 2 aromatic rings. The number of benzene rings is 2. The second-order valence-corrected chi connectivity index (χ2v) is 11.6. The van der Waals surface area contributed by atoms with E-state index in [0.29, 0.717) is 24.0 Å². The van der Waals surface area contributed by atoms with Crippen molar-refractivity contribution >= 4 is 20.0 Å². The molecule has 30 heavy (non-hydrogen) atoms. The molecule has 0 amide bonds. The lowest BCUT2D eigenvalue weighted by molar-refractivity contribution is 0.340. The average Bonchev–Trinajstić information content (AvgIpc) is 2.62. The van der Waals surface area contributed by atoms with Crippen LogP contribution in [0.15, 0.2) is 46.2 Å². The first-order valence-electron chi connectivity index (χ1n) is 10.2. The Bertz CT molecular complexity index is 1050. The molecule has 1 aliphatic rings. The first-order valence-corrected chi connectivity index (χ1v) is 13.2. The first-order chi connectivity index (χ1) is 14.0. The van der Waals surface area contributed by atoms with E-state index in [0.717, 1.165) is 24.0 Å². The number of nitrogens with one attached hydrogen (secondary N) is 2. The summed E-state index contributed by atoms with van der Waals surface area (Å²) < 4.78 is 57.6. The van der Waals surface area contributed by atoms with Gasteiger partial charge in [0.25, 0.3) is 0 Å². The van der Waals surface area contributed by atoms with Crippen LogP contribution in [-0.2, 0) is 20.0 Å². The second-order valence-electron chi connectivity index (χ2n) is 8.28. The highest BCUT2D eigenvalue weighted by Crippen LogP contribution is 2.25. The van der Waals surface area contributed by atoms with Crippen molar-refractivity contribution in [2.24, 2.45) is 0 Å². The van der Waals surface area contributed by atoms with Crippen LogP contribution in [0, 0.1) is 27.7 Å².